The molecule has 0 bridgehead atoms. The summed E-state index contributed by atoms with van der Waals surface area (Å²) in [5, 5.41) is 0. The Morgan fingerprint density at radius 3 is 2.07 bits per heavy atom. The minimum Gasteiger partial charge on any atom is -0.466 e. The number of hydrogen-bond donors (Lipinski definition) is 0. The van der Waals surface area contributed by atoms with Crippen LogP contribution in [0.5, 0.6) is 0 Å². The normalized spacial score (nSPS) is 11.2. The van der Waals surface area contributed by atoms with Crippen LogP contribution in [0, 0.1) is 5.92 Å². The lowest BCUT2D eigenvalue weighted by molar-refractivity contribution is -0.149. The number of hydrogen-bond acceptors (Lipinski definition) is 6. The predicted molar refractivity (Wildman–Crippen MR) is 106 cm³/mol. The van der Waals surface area contributed by atoms with Gasteiger partial charge in [-0.3, -0.25) is 14.4 Å². The molecule has 0 saturated heterocycles. The zero-order valence-electron chi connectivity index (χ0n) is 16.4. The lowest BCUT2D eigenvalue weighted by atomic mass is 9.98. The van der Waals surface area contributed by atoms with Gasteiger partial charge in [0.2, 0.25) is 5.91 Å². The highest BCUT2D eigenvalue weighted by Crippen LogP contribution is 2.18. The number of carbonyl (C=O) groups is 4. The molecule has 0 aliphatic rings. The maximum absolute atomic E-state index is 12.9. The fourth-order valence-electron chi connectivity index (χ4n) is 2.63. The summed E-state index contributed by atoms with van der Waals surface area (Å²) in [4.78, 5) is 50.8. The standard InChI is InChI=1S/C22H23NO6/c1-3-28-20(25)14-18(21(26)23(2)17-12-8-5-9-13-17)19(24)15-29-22(27)16-10-6-4-7-11-16/h4-13,18H,3,14-15H2,1-2H3. The molecule has 152 valence electrons. The third-order valence-electron chi connectivity index (χ3n) is 4.19. The van der Waals surface area contributed by atoms with Crippen molar-refractivity contribution in [2.45, 2.75) is 13.3 Å². The summed E-state index contributed by atoms with van der Waals surface area (Å²) in [6.07, 6.45) is -0.425. The van der Waals surface area contributed by atoms with Crippen molar-refractivity contribution < 1.29 is 28.7 Å². The van der Waals surface area contributed by atoms with E-state index in [9.17, 15) is 19.2 Å². The van der Waals surface area contributed by atoms with E-state index in [1.54, 1.807) is 67.6 Å². The first-order valence-electron chi connectivity index (χ1n) is 9.17. The highest BCUT2D eigenvalue weighted by Gasteiger charge is 2.33. The Hall–Kier alpha value is -3.48. The number of Topliss-reactive ketones (excluding diaryl/α,β-unsaturated/α-hetero) is 1. The van der Waals surface area contributed by atoms with Crippen LogP contribution < -0.4 is 4.90 Å². The Morgan fingerprint density at radius 1 is 0.897 bits per heavy atom. The molecule has 0 aromatic heterocycles. The van der Waals surface area contributed by atoms with Crippen molar-refractivity contribution in [1.82, 2.24) is 0 Å². The lowest BCUT2D eigenvalue weighted by Gasteiger charge is -2.22. The molecular formula is C22H23NO6. The maximum atomic E-state index is 12.9. The van der Waals surface area contributed by atoms with Gasteiger partial charge in [0.1, 0.15) is 5.92 Å². The number of ether oxygens (including phenoxy) is 2. The van der Waals surface area contributed by atoms with Crippen molar-refractivity contribution in [2.75, 3.05) is 25.2 Å². The van der Waals surface area contributed by atoms with Gasteiger partial charge in [0.15, 0.2) is 12.4 Å². The number of amides is 1. The van der Waals surface area contributed by atoms with Crippen LogP contribution in [0.2, 0.25) is 0 Å². The number of carbonyl (C=O) groups excluding carboxylic acids is 4. The molecule has 0 aliphatic carbocycles. The van der Waals surface area contributed by atoms with Gasteiger partial charge in [-0.2, -0.15) is 0 Å². The molecule has 2 aromatic rings. The van der Waals surface area contributed by atoms with Crippen LogP contribution in [-0.2, 0) is 23.9 Å². The average Bonchev–Trinajstić information content (AvgIpc) is 2.76. The number of anilines is 1. The smallest absolute Gasteiger partial charge is 0.338 e. The molecule has 1 atom stereocenters. The minimum absolute atomic E-state index is 0.130. The Labute approximate surface area is 169 Å². The van der Waals surface area contributed by atoms with Crippen LogP contribution in [0.15, 0.2) is 60.7 Å². The van der Waals surface area contributed by atoms with Crippen LogP contribution in [0.25, 0.3) is 0 Å². The molecule has 1 amide bonds. The van der Waals surface area contributed by atoms with Gasteiger partial charge in [0, 0.05) is 12.7 Å². The third kappa shape index (κ3) is 6.27. The first kappa shape index (κ1) is 21.8. The molecule has 2 aromatic carbocycles. The van der Waals surface area contributed by atoms with E-state index in [0.29, 0.717) is 5.69 Å². The largest absolute Gasteiger partial charge is 0.466 e. The highest BCUT2D eigenvalue weighted by atomic mass is 16.5. The van der Waals surface area contributed by atoms with Crippen LogP contribution in [-0.4, -0.2) is 43.9 Å². The van der Waals surface area contributed by atoms with E-state index < -0.39 is 42.6 Å². The minimum atomic E-state index is -1.32. The zero-order chi connectivity index (χ0) is 21.2. The summed E-state index contributed by atoms with van der Waals surface area (Å²) in [7, 11) is 1.51. The Balaban J connectivity index is 2.11. The van der Waals surface area contributed by atoms with Gasteiger partial charge in [0.05, 0.1) is 18.6 Å². The van der Waals surface area contributed by atoms with Gasteiger partial charge >= 0.3 is 11.9 Å². The molecule has 0 N–H and O–H groups in total. The molecule has 0 fully saturated rings. The fraction of sp³-hybridized carbons (Fsp3) is 0.273. The van der Waals surface area contributed by atoms with Gasteiger partial charge in [-0.1, -0.05) is 36.4 Å². The van der Waals surface area contributed by atoms with Crippen molar-refractivity contribution in [1.29, 1.82) is 0 Å². The second-order valence-electron chi connectivity index (χ2n) is 6.20. The van der Waals surface area contributed by atoms with Gasteiger partial charge in [0.25, 0.3) is 0 Å². The van der Waals surface area contributed by atoms with E-state index in [-0.39, 0.29) is 12.2 Å². The van der Waals surface area contributed by atoms with Crippen LogP contribution >= 0.6 is 0 Å². The quantitative estimate of drug-likeness (QED) is 0.477. The van der Waals surface area contributed by atoms with Crippen molar-refractivity contribution in [2.24, 2.45) is 5.92 Å². The predicted octanol–water partition coefficient (Wildman–Crippen LogP) is 2.64. The zero-order valence-corrected chi connectivity index (χ0v) is 16.4. The SMILES string of the molecule is CCOC(=O)CC(C(=O)COC(=O)c1ccccc1)C(=O)N(C)c1ccccc1. The second kappa shape index (κ2) is 10.8. The Bertz CT molecular complexity index is 850. The maximum Gasteiger partial charge on any atom is 0.338 e. The van der Waals surface area contributed by atoms with Gasteiger partial charge in [-0.05, 0) is 31.2 Å². The number of rotatable bonds is 9. The number of ketones is 1. The van der Waals surface area contributed by atoms with E-state index in [1.807, 2.05) is 0 Å². The molecule has 0 spiro atoms. The van der Waals surface area contributed by atoms with Gasteiger partial charge in [-0.25, -0.2) is 4.79 Å². The average molecular weight is 397 g/mol. The van der Waals surface area contributed by atoms with E-state index in [0.717, 1.165) is 0 Å². The first-order chi connectivity index (χ1) is 13.9. The summed E-state index contributed by atoms with van der Waals surface area (Å²) in [6.45, 7) is 1.14. The first-order valence-corrected chi connectivity index (χ1v) is 9.17. The van der Waals surface area contributed by atoms with E-state index >= 15 is 0 Å². The second-order valence-corrected chi connectivity index (χ2v) is 6.20. The molecule has 0 heterocycles. The lowest BCUT2D eigenvalue weighted by Crippen LogP contribution is -2.40. The fourth-order valence-corrected chi connectivity index (χ4v) is 2.63. The van der Waals surface area contributed by atoms with Crippen LogP contribution in [0.3, 0.4) is 0 Å². The van der Waals surface area contributed by atoms with E-state index in [2.05, 4.69) is 0 Å². The summed E-state index contributed by atoms with van der Waals surface area (Å²) in [6, 6.07) is 16.9. The molecule has 29 heavy (non-hydrogen) atoms. The number of benzene rings is 2. The summed E-state index contributed by atoms with van der Waals surface area (Å²) in [5.41, 5.74) is 0.857. The van der Waals surface area contributed by atoms with Crippen molar-refractivity contribution in [3.63, 3.8) is 0 Å². The third-order valence-corrected chi connectivity index (χ3v) is 4.19. The van der Waals surface area contributed by atoms with Gasteiger partial charge < -0.3 is 14.4 Å². The number of esters is 2. The molecule has 0 radical (unpaired) electrons. The molecule has 7 nitrogen and oxygen atoms in total. The van der Waals surface area contributed by atoms with E-state index in [4.69, 9.17) is 9.47 Å². The Morgan fingerprint density at radius 2 is 1.48 bits per heavy atom. The molecule has 0 aliphatic heterocycles. The monoisotopic (exact) mass is 397 g/mol. The number of nitrogens with zero attached hydrogens (tertiary/aromatic N) is 1. The van der Waals surface area contributed by atoms with Crippen molar-refractivity contribution in [3.8, 4) is 0 Å². The van der Waals surface area contributed by atoms with Gasteiger partial charge in [-0.15, -0.1) is 0 Å². The molecule has 2 rings (SSSR count). The number of para-hydroxylation sites is 1. The topological polar surface area (TPSA) is 90.0 Å². The highest BCUT2D eigenvalue weighted by molar-refractivity contribution is 6.10. The molecule has 0 saturated carbocycles. The van der Waals surface area contributed by atoms with E-state index in [1.165, 1.54) is 11.9 Å². The summed E-state index contributed by atoms with van der Waals surface area (Å²) >= 11 is 0. The molecular weight excluding hydrogens is 374 g/mol. The van der Waals surface area contributed by atoms with Crippen LogP contribution in [0.1, 0.15) is 23.7 Å². The molecule has 7 heteroatoms. The summed E-state index contributed by atoms with van der Waals surface area (Å²) < 4.78 is 9.92. The van der Waals surface area contributed by atoms with Crippen molar-refractivity contribution in [3.05, 3.63) is 66.2 Å². The van der Waals surface area contributed by atoms with Crippen LogP contribution in [0.4, 0.5) is 5.69 Å². The molecule has 1 unspecified atom stereocenters. The summed E-state index contributed by atoms with van der Waals surface area (Å²) in [5.74, 6) is -3.92. The Kier molecular flexibility index (Phi) is 8.09. The van der Waals surface area contributed by atoms with Crippen molar-refractivity contribution >= 4 is 29.3 Å².